The molecule has 3 heteroatoms. The minimum atomic E-state index is 0.0206. The quantitative estimate of drug-likeness (QED) is 0.701. The molecular weight excluding hydrogens is 164 g/mol. The van der Waals surface area contributed by atoms with Crippen LogP contribution in [0.5, 0.6) is 0 Å². The van der Waals surface area contributed by atoms with Gasteiger partial charge in [-0.15, -0.1) is 0 Å². The van der Waals surface area contributed by atoms with E-state index < -0.39 is 0 Å². The monoisotopic (exact) mass is 174 g/mol. The van der Waals surface area contributed by atoms with Crippen LogP contribution in [0.3, 0.4) is 0 Å². The third kappa shape index (κ3) is 1.28. The summed E-state index contributed by atoms with van der Waals surface area (Å²) in [6.07, 6.45) is 1.71. The molecule has 2 heterocycles. The normalized spacial score (nSPS) is 10.5. The van der Waals surface area contributed by atoms with Crippen LogP contribution in [0.2, 0.25) is 0 Å². The summed E-state index contributed by atoms with van der Waals surface area (Å²) in [4.78, 5) is 11.0. The third-order valence-electron chi connectivity index (χ3n) is 1.95. The first-order chi connectivity index (χ1) is 6.16. The van der Waals surface area contributed by atoms with Crippen molar-refractivity contribution in [1.29, 1.82) is 0 Å². The second-order valence-corrected chi connectivity index (χ2v) is 3.11. The number of H-pyrrole nitrogens is 1. The lowest BCUT2D eigenvalue weighted by Crippen LogP contribution is -1.98. The summed E-state index contributed by atoms with van der Waals surface area (Å²) in [5.74, 6) is 0. The fourth-order valence-corrected chi connectivity index (χ4v) is 1.24. The van der Waals surface area contributed by atoms with Crippen LogP contribution >= 0.6 is 0 Å². The molecule has 0 radical (unpaired) electrons. The highest BCUT2D eigenvalue weighted by Gasteiger charge is 1.99. The third-order valence-corrected chi connectivity index (χ3v) is 1.95. The van der Waals surface area contributed by atoms with Crippen molar-refractivity contribution in [3.05, 3.63) is 46.9 Å². The smallest absolute Gasteiger partial charge is 0.182 e. The molecule has 2 rings (SSSR count). The van der Waals surface area contributed by atoms with Gasteiger partial charge < -0.3 is 0 Å². The van der Waals surface area contributed by atoms with Crippen LogP contribution in [0.15, 0.2) is 35.8 Å². The second kappa shape index (κ2) is 2.62. The molecule has 0 aliphatic rings. The first-order valence-electron chi connectivity index (χ1n) is 4.04. The van der Waals surface area contributed by atoms with E-state index in [1.807, 2.05) is 13.0 Å². The lowest BCUT2D eigenvalue weighted by molar-refractivity contribution is 0.947. The summed E-state index contributed by atoms with van der Waals surface area (Å²) >= 11 is 0. The zero-order valence-electron chi connectivity index (χ0n) is 7.37. The van der Waals surface area contributed by atoms with Gasteiger partial charge in [-0.25, -0.2) is 0 Å². The number of aromatic amines is 1. The van der Waals surface area contributed by atoms with Gasteiger partial charge in [0, 0.05) is 18.3 Å². The van der Waals surface area contributed by atoms with Crippen LogP contribution in [-0.4, -0.2) is 9.61 Å². The molecule has 1 N–H and O–H groups in total. The van der Waals surface area contributed by atoms with E-state index >= 15 is 0 Å². The highest BCUT2D eigenvalue weighted by atomic mass is 16.1. The first kappa shape index (κ1) is 7.86. The predicted octanol–water partition coefficient (Wildman–Crippen LogP) is 1.66. The molecule has 0 aromatic carbocycles. The number of rotatable bonds is 1. The van der Waals surface area contributed by atoms with Crippen LogP contribution in [-0.2, 0) is 0 Å². The minimum Gasteiger partial charge on any atom is -0.294 e. The number of pyridine rings is 1. The van der Waals surface area contributed by atoms with E-state index in [9.17, 15) is 4.79 Å². The zero-order chi connectivity index (χ0) is 9.42. The van der Waals surface area contributed by atoms with Crippen molar-refractivity contribution < 1.29 is 0 Å². The van der Waals surface area contributed by atoms with Gasteiger partial charge in [0.05, 0.1) is 11.2 Å². The Morgan fingerprint density at radius 3 is 3.00 bits per heavy atom. The molecule has 0 fully saturated rings. The standard InChI is InChI=1S/C10H10N2O/c1-7(2)10-6-8-5-9(13)3-4-12(8)11-10/h3-6,11H,1H2,2H3. The van der Waals surface area contributed by atoms with Crippen molar-refractivity contribution in [2.24, 2.45) is 0 Å². The molecule has 13 heavy (non-hydrogen) atoms. The van der Waals surface area contributed by atoms with Gasteiger partial charge in [-0.05, 0) is 18.6 Å². The largest absolute Gasteiger partial charge is 0.294 e. The molecule has 0 spiro atoms. The van der Waals surface area contributed by atoms with Crippen molar-refractivity contribution in [2.75, 3.05) is 0 Å². The summed E-state index contributed by atoms with van der Waals surface area (Å²) in [5.41, 5.74) is 2.79. The number of aromatic nitrogens is 2. The minimum absolute atomic E-state index is 0.0206. The molecular formula is C10H10N2O. The highest BCUT2D eigenvalue weighted by molar-refractivity contribution is 5.63. The van der Waals surface area contributed by atoms with Gasteiger partial charge in [-0.1, -0.05) is 6.58 Å². The van der Waals surface area contributed by atoms with E-state index in [2.05, 4.69) is 11.7 Å². The number of hydrogen-bond acceptors (Lipinski definition) is 1. The van der Waals surface area contributed by atoms with Crippen LogP contribution in [0, 0.1) is 0 Å². The van der Waals surface area contributed by atoms with Crippen LogP contribution in [0.1, 0.15) is 12.6 Å². The highest BCUT2D eigenvalue weighted by Crippen LogP contribution is 2.11. The van der Waals surface area contributed by atoms with E-state index in [0.717, 1.165) is 16.8 Å². The maximum Gasteiger partial charge on any atom is 0.182 e. The van der Waals surface area contributed by atoms with Gasteiger partial charge in [0.2, 0.25) is 0 Å². The van der Waals surface area contributed by atoms with Crippen molar-refractivity contribution in [3.63, 3.8) is 0 Å². The van der Waals surface area contributed by atoms with Crippen molar-refractivity contribution in [3.8, 4) is 0 Å². The zero-order valence-corrected chi connectivity index (χ0v) is 7.37. The molecule has 2 aromatic heterocycles. The molecule has 3 nitrogen and oxygen atoms in total. The number of hydrogen-bond donors (Lipinski definition) is 1. The van der Waals surface area contributed by atoms with Crippen molar-refractivity contribution >= 4 is 11.1 Å². The average molecular weight is 174 g/mol. The molecule has 0 amide bonds. The number of fused-ring (bicyclic) bond motifs is 1. The molecule has 0 aliphatic carbocycles. The average Bonchev–Trinajstić information content (AvgIpc) is 2.46. The van der Waals surface area contributed by atoms with Gasteiger partial charge in [0.1, 0.15) is 0 Å². The Morgan fingerprint density at radius 1 is 1.54 bits per heavy atom. The van der Waals surface area contributed by atoms with Crippen LogP contribution < -0.4 is 5.43 Å². The van der Waals surface area contributed by atoms with Crippen LogP contribution in [0.4, 0.5) is 0 Å². The van der Waals surface area contributed by atoms with E-state index in [1.54, 1.807) is 16.8 Å². The Morgan fingerprint density at radius 2 is 2.31 bits per heavy atom. The lowest BCUT2D eigenvalue weighted by Gasteiger charge is -1.91. The summed E-state index contributed by atoms with van der Waals surface area (Å²) < 4.78 is 1.80. The number of nitrogens with one attached hydrogen (secondary N) is 1. The van der Waals surface area contributed by atoms with Gasteiger partial charge in [-0.2, -0.15) is 0 Å². The van der Waals surface area contributed by atoms with Crippen molar-refractivity contribution in [1.82, 2.24) is 9.61 Å². The fourth-order valence-electron chi connectivity index (χ4n) is 1.24. The summed E-state index contributed by atoms with van der Waals surface area (Å²) in [7, 11) is 0. The molecule has 0 unspecified atom stereocenters. The van der Waals surface area contributed by atoms with E-state index in [0.29, 0.717) is 0 Å². The number of nitrogens with zero attached hydrogens (tertiary/aromatic N) is 1. The number of allylic oxidation sites excluding steroid dienone is 1. The molecule has 2 aromatic rings. The Hall–Kier alpha value is -1.77. The Labute approximate surface area is 75.3 Å². The Balaban J connectivity index is 2.75. The van der Waals surface area contributed by atoms with E-state index in [1.165, 1.54) is 6.07 Å². The first-order valence-corrected chi connectivity index (χ1v) is 4.04. The van der Waals surface area contributed by atoms with Crippen molar-refractivity contribution in [2.45, 2.75) is 6.92 Å². The SMILES string of the molecule is C=C(C)c1cc2cc(=O)ccn2[nH]1. The topological polar surface area (TPSA) is 37.3 Å². The lowest BCUT2D eigenvalue weighted by atomic mass is 10.2. The van der Waals surface area contributed by atoms with E-state index in [4.69, 9.17) is 0 Å². The summed E-state index contributed by atoms with van der Waals surface area (Å²) in [5, 5.41) is 3.10. The van der Waals surface area contributed by atoms with E-state index in [-0.39, 0.29) is 5.43 Å². The molecule has 0 saturated heterocycles. The summed E-state index contributed by atoms with van der Waals surface area (Å²) in [6.45, 7) is 5.74. The molecule has 0 bridgehead atoms. The van der Waals surface area contributed by atoms with Crippen LogP contribution in [0.25, 0.3) is 11.1 Å². The maximum absolute atomic E-state index is 11.0. The second-order valence-electron chi connectivity index (χ2n) is 3.11. The van der Waals surface area contributed by atoms with Gasteiger partial charge in [-0.3, -0.25) is 14.4 Å². The van der Waals surface area contributed by atoms with Gasteiger partial charge >= 0.3 is 0 Å². The maximum atomic E-state index is 11.0. The predicted molar refractivity (Wildman–Crippen MR) is 52.7 cm³/mol. The molecule has 0 saturated carbocycles. The Bertz CT molecular complexity index is 519. The van der Waals surface area contributed by atoms with Gasteiger partial charge in [0.25, 0.3) is 0 Å². The summed E-state index contributed by atoms with van der Waals surface area (Å²) in [6, 6.07) is 5.01. The molecule has 0 atom stereocenters. The Kier molecular flexibility index (Phi) is 1.59. The molecule has 66 valence electrons. The molecule has 0 aliphatic heterocycles. The fraction of sp³-hybridized carbons (Fsp3) is 0.100. The van der Waals surface area contributed by atoms with Gasteiger partial charge in [0.15, 0.2) is 5.43 Å².